The minimum Gasteiger partial charge on any atom is -0.484 e. The SMILES string of the molecule is C[C@@H](Oc1cc(-n2cnc3cnc(CN4CCN(C)CC4CO)cc32)sc1C(N)=O)c1ccccc1C(F)(F)F. The van der Waals surface area contributed by atoms with Crippen molar-refractivity contribution in [2.24, 2.45) is 5.73 Å². The lowest BCUT2D eigenvalue weighted by Crippen LogP contribution is -2.52. The summed E-state index contributed by atoms with van der Waals surface area (Å²) in [6.45, 7) is 4.53. The highest BCUT2D eigenvalue weighted by atomic mass is 32.1. The van der Waals surface area contributed by atoms with E-state index >= 15 is 0 Å². The summed E-state index contributed by atoms with van der Waals surface area (Å²) in [4.78, 5) is 25.7. The van der Waals surface area contributed by atoms with Gasteiger partial charge in [0, 0.05) is 43.9 Å². The fourth-order valence-electron chi connectivity index (χ4n) is 4.96. The lowest BCUT2D eigenvalue weighted by atomic mass is 10.0. The topological polar surface area (TPSA) is 110 Å². The number of benzene rings is 1. The van der Waals surface area contributed by atoms with E-state index in [4.69, 9.17) is 10.5 Å². The van der Waals surface area contributed by atoms with E-state index in [1.165, 1.54) is 25.1 Å². The zero-order valence-electron chi connectivity index (χ0n) is 21.9. The molecule has 4 aromatic rings. The molecule has 212 valence electrons. The van der Waals surface area contributed by atoms with Crippen molar-refractivity contribution < 1.29 is 27.8 Å². The maximum Gasteiger partial charge on any atom is 0.416 e. The Morgan fingerprint density at radius 1 is 1.25 bits per heavy atom. The van der Waals surface area contributed by atoms with E-state index in [0.717, 1.165) is 48.2 Å². The number of nitrogens with zero attached hydrogens (tertiary/aromatic N) is 5. The number of aliphatic hydroxyl groups excluding tert-OH is 1. The van der Waals surface area contributed by atoms with Gasteiger partial charge < -0.3 is 20.5 Å². The molecule has 1 aliphatic heterocycles. The Hall–Kier alpha value is -3.52. The first kappa shape index (κ1) is 28.0. The third kappa shape index (κ3) is 5.68. The number of aromatic nitrogens is 3. The number of carbonyl (C=O) groups excluding carboxylic acids is 1. The van der Waals surface area contributed by atoms with Crippen molar-refractivity contribution in [1.29, 1.82) is 0 Å². The molecule has 9 nitrogen and oxygen atoms in total. The van der Waals surface area contributed by atoms with Crippen molar-refractivity contribution in [3.8, 4) is 10.8 Å². The number of piperazine rings is 1. The number of alkyl halides is 3. The van der Waals surface area contributed by atoms with Crippen LogP contribution in [-0.2, 0) is 12.7 Å². The van der Waals surface area contributed by atoms with Gasteiger partial charge in [0.1, 0.15) is 33.6 Å². The number of thiophene rings is 1. The highest BCUT2D eigenvalue weighted by Crippen LogP contribution is 2.39. The first-order valence-corrected chi connectivity index (χ1v) is 13.5. The fourth-order valence-corrected chi connectivity index (χ4v) is 5.88. The molecular weight excluding hydrogens is 545 g/mol. The van der Waals surface area contributed by atoms with E-state index in [9.17, 15) is 23.1 Å². The average Bonchev–Trinajstić information content (AvgIpc) is 3.53. The second-order valence-electron chi connectivity index (χ2n) is 9.84. The minimum atomic E-state index is -4.55. The molecule has 1 amide bonds. The van der Waals surface area contributed by atoms with E-state index in [0.29, 0.717) is 17.1 Å². The zero-order valence-corrected chi connectivity index (χ0v) is 22.7. The number of ether oxygens (including phenoxy) is 1. The number of hydrogen-bond donors (Lipinski definition) is 2. The third-order valence-electron chi connectivity index (χ3n) is 7.03. The highest BCUT2D eigenvalue weighted by Gasteiger charge is 2.35. The fraction of sp³-hybridized carbons (Fsp3) is 0.370. The molecule has 4 heterocycles. The van der Waals surface area contributed by atoms with Crippen LogP contribution in [0.2, 0.25) is 0 Å². The van der Waals surface area contributed by atoms with Crippen LogP contribution >= 0.6 is 11.3 Å². The van der Waals surface area contributed by atoms with Gasteiger partial charge in [-0.15, -0.1) is 11.3 Å². The molecule has 0 aliphatic carbocycles. The zero-order chi connectivity index (χ0) is 28.6. The van der Waals surface area contributed by atoms with Crippen LogP contribution in [0.5, 0.6) is 5.75 Å². The smallest absolute Gasteiger partial charge is 0.416 e. The molecule has 1 aromatic carbocycles. The average molecular weight is 575 g/mol. The van der Waals surface area contributed by atoms with Gasteiger partial charge in [-0.25, -0.2) is 4.98 Å². The number of fused-ring (bicyclic) bond motifs is 1. The third-order valence-corrected chi connectivity index (χ3v) is 8.16. The van der Waals surface area contributed by atoms with Crippen molar-refractivity contribution in [3.05, 3.63) is 70.6 Å². The Labute approximate surface area is 232 Å². The molecule has 0 bridgehead atoms. The summed E-state index contributed by atoms with van der Waals surface area (Å²) in [5.41, 5.74) is 6.92. The first-order chi connectivity index (χ1) is 19.0. The van der Waals surface area contributed by atoms with E-state index in [1.807, 2.05) is 13.1 Å². The van der Waals surface area contributed by atoms with Crippen molar-refractivity contribution >= 4 is 28.3 Å². The first-order valence-electron chi connectivity index (χ1n) is 12.7. The molecule has 0 saturated carbocycles. The van der Waals surface area contributed by atoms with Gasteiger partial charge in [-0.3, -0.25) is 19.2 Å². The maximum absolute atomic E-state index is 13.6. The normalized spacial score (nSPS) is 17.8. The molecule has 40 heavy (non-hydrogen) atoms. The Morgan fingerprint density at radius 2 is 2.02 bits per heavy atom. The summed E-state index contributed by atoms with van der Waals surface area (Å²) in [6.07, 6.45) is -2.30. The van der Waals surface area contributed by atoms with Gasteiger partial charge in [-0.1, -0.05) is 18.2 Å². The molecule has 3 aromatic heterocycles. The molecule has 1 fully saturated rings. The number of pyridine rings is 1. The van der Waals surface area contributed by atoms with Crippen molar-refractivity contribution in [1.82, 2.24) is 24.3 Å². The standard InChI is InChI=1S/C27H29F3N6O3S/c1-16(19-5-3-4-6-20(19)27(28,29)30)39-23-10-24(40-25(23)26(31)38)36-15-33-21-11-32-17(9-22(21)36)12-35-8-7-34(2)13-18(35)14-37/h3-6,9-11,15-16,18,37H,7-8,12-14H2,1-2H3,(H2,31,38)/t16-,18?/m1/s1. The van der Waals surface area contributed by atoms with Gasteiger partial charge in [0.15, 0.2) is 0 Å². The number of imidazole rings is 1. The number of aliphatic hydroxyl groups is 1. The van der Waals surface area contributed by atoms with Crippen molar-refractivity contribution in [2.75, 3.05) is 33.3 Å². The van der Waals surface area contributed by atoms with Crippen molar-refractivity contribution in [2.45, 2.75) is 31.8 Å². The molecule has 5 rings (SSSR count). The number of rotatable bonds is 8. The van der Waals surface area contributed by atoms with Crippen LogP contribution in [-0.4, -0.2) is 74.7 Å². The van der Waals surface area contributed by atoms with Crippen LogP contribution in [0.3, 0.4) is 0 Å². The number of carbonyl (C=O) groups is 1. The molecule has 0 spiro atoms. The van der Waals surface area contributed by atoms with E-state index in [-0.39, 0.29) is 28.8 Å². The monoisotopic (exact) mass is 574 g/mol. The lowest BCUT2D eigenvalue weighted by Gasteiger charge is -2.38. The Kier molecular flexibility index (Phi) is 7.82. The largest absolute Gasteiger partial charge is 0.484 e. The van der Waals surface area contributed by atoms with E-state index < -0.39 is 23.8 Å². The van der Waals surface area contributed by atoms with Crippen LogP contribution < -0.4 is 10.5 Å². The van der Waals surface area contributed by atoms with Crippen LogP contribution in [0.1, 0.15) is 39.5 Å². The highest BCUT2D eigenvalue weighted by molar-refractivity contribution is 7.16. The van der Waals surface area contributed by atoms with Gasteiger partial charge in [-0.2, -0.15) is 13.2 Å². The summed E-state index contributed by atoms with van der Waals surface area (Å²) in [6, 6.07) is 8.66. The van der Waals surface area contributed by atoms with Crippen LogP contribution in [0.4, 0.5) is 13.2 Å². The predicted octanol–water partition coefficient (Wildman–Crippen LogP) is 3.85. The Bertz CT molecular complexity index is 1520. The van der Waals surface area contributed by atoms with E-state index in [2.05, 4.69) is 19.8 Å². The van der Waals surface area contributed by atoms with Crippen LogP contribution in [0, 0.1) is 0 Å². The summed E-state index contributed by atoms with van der Waals surface area (Å²) in [5.74, 6) is -0.657. The van der Waals surface area contributed by atoms with Gasteiger partial charge in [0.2, 0.25) is 0 Å². The lowest BCUT2D eigenvalue weighted by molar-refractivity contribution is -0.139. The molecule has 1 saturated heterocycles. The Balaban J connectivity index is 1.45. The quantitative estimate of drug-likeness (QED) is 0.329. The Morgan fingerprint density at radius 3 is 2.75 bits per heavy atom. The summed E-state index contributed by atoms with van der Waals surface area (Å²) >= 11 is 1.06. The van der Waals surface area contributed by atoms with Gasteiger partial charge >= 0.3 is 6.18 Å². The van der Waals surface area contributed by atoms with Gasteiger partial charge in [0.25, 0.3) is 5.91 Å². The van der Waals surface area contributed by atoms with Crippen LogP contribution in [0.15, 0.2) is 48.9 Å². The maximum atomic E-state index is 13.6. The summed E-state index contributed by atoms with van der Waals surface area (Å²) in [5, 5.41) is 10.4. The molecule has 3 N–H and O–H groups in total. The van der Waals surface area contributed by atoms with Crippen molar-refractivity contribution in [3.63, 3.8) is 0 Å². The summed E-state index contributed by atoms with van der Waals surface area (Å²) < 4.78 is 48.4. The molecule has 2 atom stereocenters. The van der Waals surface area contributed by atoms with E-state index in [1.54, 1.807) is 23.2 Å². The number of nitrogens with two attached hydrogens (primary N) is 1. The predicted molar refractivity (Wildman–Crippen MR) is 145 cm³/mol. The molecule has 13 heteroatoms. The number of primary amides is 1. The number of hydrogen-bond acceptors (Lipinski definition) is 8. The molecular formula is C27H29F3N6O3S. The van der Waals surface area contributed by atoms with Gasteiger partial charge in [0.05, 0.1) is 29.6 Å². The number of amides is 1. The number of likely N-dealkylation sites (N-methyl/N-ethyl adjacent to an activating group) is 1. The number of halogens is 3. The summed E-state index contributed by atoms with van der Waals surface area (Å²) in [7, 11) is 2.03. The second kappa shape index (κ2) is 11.2. The molecule has 1 aliphatic rings. The van der Waals surface area contributed by atoms with Crippen LogP contribution in [0.25, 0.3) is 16.0 Å². The molecule has 1 unspecified atom stereocenters. The van der Waals surface area contributed by atoms with Gasteiger partial charge in [-0.05, 0) is 26.1 Å². The second-order valence-corrected chi connectivity index (χ2v) is 10.9. The molecule has 0 radical (unpaired) electrons. The minimum absolute atomic E-state index is 0.000696.